The van der Waals surface area contributed by atoms with Gasteiger partial charge in [0, 0.05) is 38.1 Å². The highest BCUT2D eigenvalue weighted by Crippen LogP contribution is 2.33. The summed E-state index contributed by atoms with van der Waals surface area (Å²) in [5.41, 5.74) is 0. The molecule has 0 aliphatic carbocycles. The van der Waals surface area contributed by atoms with Crippen molar-refractivity contribution >= 4 is 22.0 Å². The van der Waals surface area contributed by atoms with Crippen LogP contribution >= 0.6 is 0 Å². The number of aliphatic carboxylic acids is 2. The third-order valence-electron chi connectivity index (χ3n) is 4.13. The number of rotatable bonds is 7. The molecule has 1 aliphatic heterocycles. The van der Waals surface area contributed by atoms with Crippen LogP contribution in [-0.2, 0) is 19.6 Å². The highest BCUT2D eigenvalue weighted by Gasteiger charge is 2.41. The van der Waals surface area contributed by atoms with Crippen LogP contribution in [-0.4, -0.2) is 55.1 Å². The molecule has 1 fully saturated rings. The Bertz CT molecular complexity index is 756. The molecule has 0 radical (unpaired) electrons. The lowest BCUT2D eigenvalue weighted by molar-refractivity contribution is -0.141. The highest BCUT2D eigenvalue weighted by atomic mass is 32.2. The van der Waals surface area contributed by atoms with E-state index in [4.69, 9.17) is 14.9 Å². The molecule has 0 unspecified atom stereocenters. The maximum Gasteiger partial charge on any atom is 0.303 e. The van der Waals surface area contributed by atoms with Gasteiger partial charge in [0.1, 0.15) is 11.6 Å². The third kappa shape index (κ3) is 4.45. The molecule has 25 heavy (non-hydrogen) atoms. The molecule has 1 saturated heterocycles. The first kappa shape index (κ1) is 19.1. The zero-order chi connectivity index (χ0) is 18.8. The maximum absolute atomic E-state index is 13.6. The summed E-state index contributed by atoms with van der Waals surface area (Å²) in [6.07, 6.45) is -0.674. The first-order valence-corrected chi connectivity index (χ1v) is 8.85. The molecule has 2 rings (SSSR count). The number of hydrogen-bond acceptors (Lipinski definition) is 5. The monoisotopic (exact) mass is 375 g/mol. The summed E-state index contributed by atoms with van der Waals surface area (Å²) in [6.45, 7) is -0.267. The van der Waals surface area contributed by atoms with Crippen LogP contribution < -0.4 is 4.74 Å². The molecule has 0 saturated carbocycles. The molecule has 138 valence electrons. The van der Waals surface area contributed by atoms with E-state index < -0.39 is 39.6 Å². The molecule has 10 heteroatoms. The predicted molar refractivity (Wildman–Crippen MR) is 83.2 cm³/mol. The Kier molecular flexibility index (Phi) is 5.63. The molecule has 8 nitrogen and oxygen atoms in total. The van der Waals surface area contributed by atoms with Gasteiger partial charge in [-0.2, -0.15) is 4.31 Å². The molecular formula is C15H18FNO7S. The second-order valence-corrected chi connectivity index (χ2v) is 7.80. The van der Waals surface area contributed by atoms with Crippen molar-refractivity contribution < 1.29 is 37.3 Å². The van der Waals surface area contributed by atoms with E-state index in [1.807, 2.05) is 0 Å². The van der Waals surface area contributed by atoms with Crippen molar-refractivity contribution in [2.75, 3.05) is 20.2 Å². The summed E-state index contributed by atoms with van der Waals surface area (Å²) < 4.78 is 44.9. The van der Waals surface area contributed by atoms with Crippen molar-refractivity contribution in [2.45, 2.75) is 17.7 Å². The SMILES string of the molecule is COc1cc(F)cc(S(=O)(=O)N2C[C@@H](CC(=O)O)[C@H](CC(=O)O)C2)c1. The van der Waals surface area contributed by atoms with Crippen molar-refractivity contribution in [1.29, 1.82) is 0 Å². The number of halogens is 1. The minimum absolute atomic E-state index is 0.0296. The normalized spacial score (nSPS) is 21.2. The van der Waals surface area contributed by atoms with Gasteiger partial charge in [0.05, 0.1) is 12.0 Å². The maximum atomic E-state index is 13.6. The minimum Gasteiger partial charge on any atom is -0.497 e. The number of nitrogens with zero attached hydrogens (tertiary/aromatic N) is 1. The van der Waals surface area contributed by atoms with Crippen molar-refractivity contribution in [3.05, 3.63) is 24.0 Å². The topological polar surface area (TPSA) is 121 Å². The van der Waals surface area contributed by atoms with E-state index in [2.05, 4.69) is 0 Å². The van der Waals surface area contributed by atoms with E-state index >= 15 is 0 Å². The summed E-state index contributed by atoms with van der Waals surface area (Å²) in [5, 5.41) is 17.9. The largest absolute Gasteiger partial charge is 0.497 e. The Morgan fingerprint density at radius 1 is 1.16 bits per heavy atom. The van der Waals surface area contributed by atoms with Gasteiger partial charge in [-0.1, -0.05) is 0 Å². The van der Waals surface area contributed by atoms with Crippen LogP contribution in [0.3, 0.4) is 0 Å². The average Bonchev–Trinajstić information content (AvgIpc) is 2.88. The van der Waals surface area contributed by atoms with E-state index in [-0.39, 0.29) is 36.6 Å². The smallest absolute Gasteiger partial charge is 0.303 e. The number of hydrogen-bond donors (Lipinski definition) is 2. The molecule has 0 spiro atoms. The van der Waals surface area contributed by atoms with Gasteiger partial charge in [-0.3, -0.25) is 9.59 Å². The van der Waals surface area contributed by atoms with Gasteiger partial charge in [0.2, 0.25) is 10.0 Å². The lowest BCUT2D eigenvalue weighted by Gasteiger charge is -2.17. The van der Waals surface area contributed by atoms with Gasteiger partial charge in [-0.15, -0.1) is 0 Å². The minimum atomic E-state index is -4.10. The zero-order valence-corrected chi connectivity index (χ0v) is 14.2. The highest BCUT2D eigenvalue weighted by molar-refractivity contribution is 7.89. The van der Waals surface area contributed by atoms with Crippen LogP contribution in [0.15, 0.2) is 23.1 Å². The van der Waals surface area contributed by atoms with Crippen molar-refractivity contribution in [1.82, 2.24) is 4.31 Å². The number of carbonyl (C=O) groups is 2. The Hall–Kier alpha value is -2.20. The van der Waals surface area contributed by atoms with E-state index in [0.29, 0.717) is 0 Å². The molecule has 1 heterocycles. The fourth-order valence-electron chi connectivity index (χ4n) is 2.96. The van der Waals surface area contributed by atoms with Crippen LogP contribution in [0.25, 0.3) is 0 Å². The first-order valence-electron chi connectivity index (χ1n) is 7.41. The molecule has 1 aliphatic rings. The van der Waals surface area contributed by atoms with Gasteiger partial charge in [-0.05, 0) is 17.9 Å². The molecule has 1 aromatic rings. The number of sulfonamides is 1. The van der Waals surface area contributed by atoms with E-state index in [0.717, 1.165) is 22.5 Å². The Morgan fingerprint density at radius 2 is 1.68 bits per heavy atom. The third-order valence-corrected chi connectivity index (χ3v) is 5.94. The molecule has 0 amide bonds. The van der Waals surface area contributed by atoms with Crippen LogP contribution in [0.1, 0.15) is 12.8 Å². The standard InChI is InChI=1S/C15H18FNO7S/c1-24-12-4-11(16)5-13(6-12)25(22,23)17-7-9(2-14(18)19)10(8-17)3-15(20)21/h4-6,9-10H,2-3,7-8H2,1H3,(H,18,19)(H,20,21)/t9-,10-/m1/s1. The van der Waals surface area contributed by atoms with E-state index in [9.17, 15) is 22.4 Å². The van der Waals surface area contributed by atoms with E-state index in [1.165, 1.54) is 7.11 Å². The van der Waals surface area contributed by atoms with Gasteiger partial charge < -0.3 is 14.9 Å². The fourth-order valence-corrected chi connectivity index (χ4v) is 4.56. The molecule has 2 atom stereocenters. The number of methoxy groups -OCH3 is 1. The fraction of sp³-hybridized carbons (Fsp3) is 0.467. The van der Waals surface area contributed by atoms with Crippen LogP contribution in [0, 0.1) is 17.7 Å². The Morgan fingerprint density at radius 3 is 2.12 bits per heavy atom. The van der Waals surface area contributed by atoms with Crippen LogP contribution in [0.4, 0.5) is 4.39 Å². The second-order valence-electron chi connectivity index (χ2n) is 5.86. The summed E-state index contributed by atoms with van der Waals surface area (Å²) in [7, 11) is -2.83. The van der Waals surface area contributed by atoms with Gasteiger partial charge in [0.25, 0.3) is 0 Å². The summed E-state index contributed by atoms with van der Waals surface area (Å²) >= 11 is 0. The molecule has 2 N–H and O–H groups in total. The summed E-state index contributed by atoms with van der Waals surface area (Å²) in [6, 6.07) is 3.03. The van der Waals surface area contributed by atoms with Gasteiger partial charge in [-0.25, -0.2) is 12.8 Å². The second kappa shape index (κ2) is 7.36. The number of carboxylic acids is 2. The van der Waals surface area contributed by atoms with E-state index in [1.54, 1.807) is 0 Å². The quantitative estimate of drug-likeness (QED) is 0.730. The summed E-state index contributed by atoms with van der Waals surface area (Å²) in [4.78, 5) is 21.6. The lowest BCUT2D eigenvalue weighted by Crippen LogP contribution is -2.29. The van der Waals surface area contributed by atoms with Crippen molar-refractivity contribution in [3.8, 4) is 5.75 Å². The first-order chi connectivity index (χ1) is 11.6. The average molecular weight is 375 g/mol. The van der Waals surface area contributed by atoms with Crippen molar-refractivity contribution in [2.24, 2.45) is 11.8 Å². The predicted octanol–water partition coefficient (Wildman–Crippen LogP) is 1.02. The van der Waals surface area contributed by atoms with Gasteiger partial charge >= 0.3 is 11.9 Å². The van der Waals surface area contributed by atoms with Crippen LogP contribution in [0.5, 0.6) is 5.75 Å². The molecular weight excluding hydrogens is 357 g/mol. The zero-order valence-electron chi connectivity index (χ0n) is 13.4. The summed E-state index contributed by atoms with van der Waals surface area (Å²) in [5.74, 6) is -4.28. The Labute approximate surface area is 143 Å². The number of benzene rings is 1. The number of ether oxygens (including phenoxy) is 1. The van der Waals surface area contributed by atoms with Crippen LogP contribution in [0.2, 0.25) is 0 Å². The number of carboxylic acid groups (broad SMARTS) is 2. The Balaban J connectivity index is 2.31. The van der Waals surface area contributed by atoms with Gasteiger partial charge in [0.15, 0.2) is 0 Å². The van der Waals surface area contributed by atoms with Crippen molar-refractivity contribution in [3.63, 3.8) is 0 Å². The molecule has 1 aromatic carbocycles. The molecule has 0 aromatic heterocycles. The lowest BCUT2D eigenvalue weighted by atomic mass is 9.90. The molecule has 0 bridgehead atoms.